The molecule has 0 radical (unpaired) electrons. The second-order valence-electron chi connectivity index (χ2n) is 21.6. The summed E-state index contributed by atoms with van der Waals surface area (Å²) in [5, 5.41) is 16.1. The van der Waals surface area contributed by atoms with Crippen molar-refractivity contribution < 1.29 is 28.5 Å². The Bertz CT molecular complexity index is 2750. The summed E-state index contributed by atoms with van der Waals surface area (Å²) >= 11 is 0. The van der Waals surface area contributed by atoms with Crippen molar-refractivity contribution >= 4 is 56.6 Å². The van der Waals surface area contributed by atoms with Crippen LogP contribution in [0.1, 0.15) is 109 Å². The highest BCUT2D eigenvalue weighted by Gasteiger charge is 2.26. The Kier molecular flexibility index (Phi) is 23.7. The van der Waals surface area contributed by atoms with Crippen molar-refractivity contribution in [3.63, 3.8) is 0 Å². The number of aromatic nitrogens is 2. The van der Waals surface area contributed by atoms with Gasteiger partial charge in [0, 0.05) is 123 Å². The summed E-state index contributed by atoms with van der Waals surface area (Å²) in [6.45, 7) is 13.2. The number of hydrogen-bond acceptors (Lipinski definition) is 16. The van der Waals surface area contributed by atoms with Gasteiger partial charge in [0.1, 0.15) is 11.6 Å². The number of anilines is 4. The number of carbonyl (C=O) groups is 2. The van der Waals surface area contributed by atoms with Gasteiger partial charge in [-0.2, -0.15) is 0 Å². The van der Waals surface area contributed by atoms with Crippen molar-refractivity contribution in [1.29, 1.82) is 0 Å². The van der Waals surface area contributed by atoms with Crippen LogP contribution in [0.25, 0.3) is 21.8 Å². The molecule has 82 heavy (non-hydrogen) atoms. The number of hydrogen-bond donors (Lipinski definition) is 6. The number of pyridine rings is 2. The lowest BCUT2D eigenvalue weighted by atomic mass is 10.1. The first-order chi connectivity index (χ1) is 40.2. The van der Waals surface area contributed by atoms with E-state index in [1.807, 2.05) is 70.5 Å². The highest BCUT2D eigenvalue weighted by molar-refractivity contribution is 5.97. The number of methoxy groups -OCH3 is 4. The average molecular weight is 1120 g/mol. The fourth-order valence-corrected chi connectivity index (χ4v) is 10.9. The van der Waals surface area contributed by atoms with Crippen LogP contribution >= 0.6 is 0 Å². The molecule has 6 aromatic rings. The third-order valence-electron chi connectivity index (χ3n) is 15.9. The Labute approximate surface area is 485 Å². The summed E-state index contributed by atoms with van der Waals surface area (Å²) in [5.74, 6) is 4.15. The van der Waals surface area contributed by atoms with E-state index in [-0.39, 0.29) is 11.8 Å². The summed E-state index contributed by atoms with van der Waals surface area (Å²) in [6, 6.07) is 27.3. The number of fused-ring (bicyclic) bond motifs is 2. The molecule has 2 aromatic heterocycles. The van der Waals surface area contributed by atoms with Gasteiger partial charge >= 0.3 is 0 Å². The molecule has 0 saturated carbocycles. The molecule has 2 fully saturated rings. The number of ether oxygens (including phenoxy) is 4. The molecule has 0 spiro atoms. The minimum Gasteiger partial charge on any atom is -0.493 e. The molecule has 2 saturated heterocycles. The number of nitrogen functional groups attached to an aromatic ring is 2. The van der Waals surface area contributed by atoms with Crippen LogP contribution in [-0.2, 0) is 13.1 Å². The van der Waals surface area contributed by atoms with Crippen molar-refractivity contribution in [3.05, 3.63) is 107 Å². The first kappa shape index (κ1) is 61.0. The number of unbranched alkanes of at least 4 members (excludes halogenated alkanes) is 9. The van der Waals surface area contributed by atoms with Gasteiger partial charge in [-0.1, -0.05) is 62.8 Å². The lowest BCUT2D eigenvalue weighted by Crippen LogP contribution is -2.49. The van der Waals surface area contributed by atoms with E-state index in [1.54, 1.807) is 28.4 Å². The SMILES string of the molecule is COc1cc2nc(N3CCN(C(=O)c4ccc(CNCCCCCCNCCCCCCNCCCCCCNCc5ccc(C(=O)N6CCN(c7cc(N)c8cc(OC)c(OC)cc8n7)CC6)cc5)cc4)CC3)cc(N)c2cc1OC. The molecule has 18 nitrogen and oxygen atoms in total. The summed E-state index contributed by atoms with van der Waals surface area (Å²) in [5.41, 5.74) is 19.4. The van der Waals surface area contributed by atoms with E-state index in [4.69, 9.17) is 40.4 Å². The molecule has 2 aliphatic heterocycles. The van der Waals surface area contributed by atoms with Crippen LogP contribution in [0.4, 0.5) is 23.0 Å². The summed E-state index contributed by atoms with van der Waals surface area (Å²) < 4.78 is 21.8. The summed E-state index contributed by atoms with van der Waals surface area (Å²) in [7, 11) is 6.43. The zero-order valence-corrected chi connectivity index (χ0v) is 49.2. The van der Waals surface area contributed by atoms with Crippen LogP contribution in [-0.4, -0.2) is 152 Å². The maximum absolute atomic E-state index is 13.4. The molecular weight excluding hydrogens is 1030 g/mol. The van der Waals surface area contributed by atoms with Gasteiger partial charge in [-0.05, 0) is 125 Å². The van der Waals surface area contributed by atoms with Crippen molar-refractivity contribution in [2.45, 2.75) is 90.1 Å². The molecular formula is C64H90N12O6. The molecule has 4 heterocycles. The third-order valence-corrected chi connectivity index (χ3v) is 15.9. The Morgan fingerprint density at radius 1 is 0.415 bits per heavy atom. The topological polar surface area (TPSA) is 210 Å². The minimum absolute atomic E-state index is 0.0613. The number of nitrogens with one attached hydrogen (secondary N) is 4. The smallest absolute Gasteiger partial charge is 0.253 e. The zero-order valence-electron chi connectivity index (χ0n) is 49.2. The maximum Gasteiger partial charge on any atom is 0.253 e. The van der Waals surface area contributed by atoms with E-state index in [2.05, 4.69) is 55.3 Å². The Hall–Kier alpha value is -7.12. The van der Waals surface area contributed by atoms with Crippen molar-refractivity contribution in [2.24, 2.45) is 0 Å². The Balaban J connectivity index is 0.557. The summed E-state index contributed by atoms with van der Waals surface area (Å²) in [4.78, 5) is 44.7. The number of carbonyl (C=O) groups excluding carboxylic acids is 2. The van der Waals surface area contributed by atoms with E-state index in [0.29, 0.717) is 86.7 Å². The van der Waals surface area contributed by atoms with Crippen LogP contribution in [0.2, 0.25) is 0 Å². The highest BCUT2D eigenvalue weighted by atomic mass is 16.5. The van der Waals surface area contributed by atoms with Crippen LogP contribution in [0, 0.1) is 0 Å². The fraction of sp³-hybridized carbons (Fsp3) is 0.500. The molecule has 2 aliphatic rings. The van der Waals surface area contributed by atoms with Gasteiger partial charge in [0.2, 0.25) is 0 Å². The van der Waals surface area contributed by atoms with Crippen LogP contribution in [0.3, 0.4) is 0 Å². The average Bonchev–Trinajstić information content (AvgIpc) is 3.55. The van der Waals surface area contributed by atoms with E-state index >= 15 is 0 Å². The number of nitrogens with zero attached hydrogens (tertiary/aromatic N) is 6. The van der Waals surface area contributed by atoms with Crippen molar-refractivity contribution in [1.82, 2.24) is 41.0 Å². The predicted molar refractivity (Wildman–Crippen MR) is 332 cm³/mol. The lowest BCUT2D eigenvalue weighted by molar-refractivity contribution is 0.0739. The van der Waals surface area contributed by atoms with E-state index in [0.717, 1.165) is 96.9 Å². The van der Waals surface area contributed by atoms with Crippen molar-refractivity contribution in [3.8, 4) is 23.0 Å². The van der Waals surface area contributed by atoms with E-state index in [1.165, 1.54) is 88.2 Å². The largest absolute Gasteiger partial charge is 0.493 e. The third kappa shape index (κ3) is 17.2. The number of rotatable bonds is 33. The predicted octanol–water partition coefficient (Wildman–Crippen LogP) is 8.65. The van der Waals surface area contributed by atoms with Gasteiger partial charge in [-0.15, -0.1) is 0 Å². The first-order valence-electron chi connectivity index (χ1n) is 29.9. The number of benzene rings is 4. The van der Waals surface area contributed by atoms with E-state index in [9.17, 15) is 9.59 Å². The fourth-order valence-electron chi connectivity index (χ4n) is 10.9. The standard InChI is InChI=1S/C64H90N12O6/c1-79-57-39-51-53(65)41-61(71-55(51)43-59(57)81-3)73-31-35-75(36-32-73)63(77)49-21-17-47(18-22-49)45-69-29-15-9-7-13-27-67-25-11-5-6-12-26-68-28-14-8-10-16-30-70-46-48-19-23-50(24-20-48)64(78)76-37-33-74(34-38-76)62-42-54(66)52-40-58(80-2)60(82-4)44-56(52)72-62/h17-24,39-44,67-70H,5-16,25-38,45-46H2,1-4H3,(H2,65,71)(H2,66,72). The molecule has 8 rings (SSSR count). The van der Waals surface area contributed by atoms with Crippen molar-refractivity contribution in [2.75, 3.05) is 141 Å². The molecule has 0 bridgehead atoms. The van der Waals surface area contributed by atoms with Crippen LogP contribution in [0.15, 0.2) is 84.9 Å². The minimum atomic E-state index is 0.0613. The first-order valence-corrected chi connectivity index (χ1v) is 29.9. The molecule has 2 amide bonds. The maximum atomic E-state index is 13.4. The summed E-state index contributed by atoms with van der Waals surface area (Å²) in [6.07, 6.45) is 14.8. The highest BCUT2D eigenvalue weighted by Crippen LogP contribution is 2.37. The van der Waals surface area contributed by atoms with Gasteiger partial charge in [0.05, 0.1) is 39.5 Å². The number of nitrogens with two attached hydrogens (primary N) is 2. The second-order valence-corrected chi connectivity index (χ2v) is 21.6. The van der Waals surface area contributed by atoms with Crippen LogP contribution < -0.4 is 61.5 Å². The molecule has 4 aromatic carbocycles. The second kappa shape index (κ2) is 31.9. The quantitative estimate of drug-likeness (QED) is 0.0213. The normalized spacial score (nSPS) is 13.8. The van der Waals surface area contributed by atoms with Gasteiger partial charge < -0.3 is 71.3 Å². The molecule has 18 heteroatoms. The molecule has 0 unspecified atom stereocenters. The number of amides is 2. The van der Waals surface area contributed by atoms with Gasteiger partial charge in [-0.3, -0.25) is 9.59 Å². The molecule has 8 N–H and O–H groups in total. The molecule has 442 valence electrons. The Morgan fingerprint density at radius 3 is 1.04 bits per heavy atom. The van der Waals surface area contributed by atoms with Gasteiger partial charge in [0.25, 0.3) is 11.8 Å². The van der Waals surface area contributed by atoms with Gasteiger partial charge in [0.15, 0.2) is 23.0 Å². The lowest BCUT2D eigenvalue weighted by Gasteiger charge is -2.35. The molecule has 0 aliphatic carbocycles. The monoisotopic (exact) mass is 1120 g/mol. The number of piperazine rings is 2. The van der Waals surface area contributed by atoms with E-state index < -0.39 is 0 Å². The molecule has 0 atom stereocenters. The Morgan fingerprint density at radius 2 is 0.720 bits per heavy atom. The van der Waals surface area contributed by atoms with Gasteiger partial charge in [-0.25, -0.2) is 9.97 Å². The van der Waals surface area contributed by atoms with Crippen LogP contribution in [0.5, 0.6) is 23.0 Å². The zero-order chi connectivity index (χ0) is 57.5.